The number of aryl methyl sites for hydroxylation is 1. The maximum Gasteiger partial charge on any atom is 0.243 e. The molecule has 0 unspecified atom stereocenters. The van der Waals surface area contributed by atoms with Crippen LogP contribution in [0.25, 0.3) is 27.8 Å². The lowest BCUT2D eigenvalue weighted by Crippen LogP contribution is -2.48. The Labute approximate surface area is 258 Å². The standard InChI is InChI=1S/C32H32N8O2SSi/c1-37-22-28(21-35-37)26-17-30(32-27(18-33)20-36-40(32)23-26)25-7-10-31(34-19-25)38-12-14-39(15-13-38)43(41,42)29-8-5-24(6-9-29)11-16-44(2,3)4/h5-10,17,19-23H,12-15H2,1-4H3. The highest BCUT2D eigenvalue weighted by Crippen LogP contribution is 2.32. The van der Waals surface area contributed by atoms with Crippen molar-refractivity contribution in [3.63, 3.8) is 0 Å². The molecule has 1 fully saturated rings. The quantitative estimate of drug-likeness (QED) is 0.211. The van der Waals surface area contributed by atoms with E-state index in [1.807, 2.05) is 37.6 Å². The molecule has 6 rings (SSSR count). The van der Waals surface area contributed by atoms with Gasteiger partial charge >= 0.3 is 0 Å². The summed E-state index contributed by atoms with van der Waals surface area (Å²) >= 11 is 0. The van der Waals surface area contributed by atoms with E-state index in [1.165, 1.54) is 4.31 Å². The zero-order valence-electron chi connectivity index (χ0n) is 25.1. The predicted octanol–water partition coefficient (Wildman–Crippen LogP) is 4.41. The minimum absolute atomic E-state index is 0.281. The molecule has 0 saturated carbocycles. The van der Waals surface area contributed by atoms with Gasteiger partial charge in [0.05, 0.1) is 28.4 Å². The topological polar surface area (TPSA) is 112 Å². The van der Waals surface area contributed by atoms with Crippen molar-refractivity contribution in [1.82, 2.24) is 28.7 Å². The molecular weight excluding hydrogens is 589 g/mol. The monoisotopic (exact) mass is 620 g/mol. The average molecular weight is 621 g/mol. The van der Waals surface area contributed by atoms with Crippen LogP contribution in [0.1, 0.15) is 11.1 Å². The van der Waals surface area contributed by atoms with Crippen molar-refractivity contribution in [2.75, 3.05) is 31.1 Å². The third-order valence-electron chi connectivity index (χ3n) is 7.47. The number of nitrogens with zero attached hydrogens (tertiary/aromatic N) is 8. The molecule has 1 aliphatic heterocycles. The summed E-state index contributed by atoms with van der Waals surface area (Å²) in [5.74, 6) is 3.94. The highest BCUT2D eigenvalue weighted by molar-refractivity contribution is 7.89. The average Bonchev–Trinajstić information content (AvgIpc) is 3.65. The molecule has 0 radical (unpaired) electrons. The van der Waals surface area contributed by atoms with Gasteiger partial charge in [-0.1, -0.05) is 25.6 Å². The van der Waals surface area contributed by atoms with Crippen LogP contribution in [0.3, 0.4) is 0 Å². The number of fused-ring (bicyclic) bond motifs is 1. The summed E-state index contributed by atoms with van der Waals surface area (Å²) in [6, 6.07) is 15.1. The van der Waals surface area contributed by atoms with E-state index in [0.717, 1.165) is 33.6 Å². The fourth-order valence-corrected chi connectivity index (χ4v) is 7.10. The second-order valence-electron chi connectivity index (χ2n) is 11.8. The van der Waals surface area contributed by atoms with Crippen molar-refractivity contribution in [2.45, 2.75) is 24.5 Å². The number of piperazine rings is 1. The summed E-state index contributed by atoms with van der Waals surface area (Å²) < 4.78 is 31.7. The molecule has 44 heavy (non-hydrogen) atoms. The lowest BCUT2D eigenvalue weighted by Gasteiger charge is -2.34. The van der Waals surface area contributed by atoms with Crippen molar-refractivity contribution in [3.05, 3.63) is 84.6 Å². The molecule has 0 amide bonds. The molecule has 1 saturated heterocycles. The van der Waals surface area contributed by atoms with E-state index in [2.05, 4.69) is 52.3 Å². The molecule has 0 bridgehead atoms. The summed E-state index contributed by atoms with van der Waals surface area (Å²) in [4.78, 5) is 7.11. The Morgan fingerprint density at radius 3 is 2.23 bits per heavy atom. The SMILES string of the molecule is Cn1cc(-c2cc(-c3ccc(N4CCN(S(=O)(=O)c5ccc(C#C[Si](C)(C)C)cc5)CC4)nc3)c3c(C#N)cnn3c2)cn1. The number of rotatable bonds is 5. The van der Waals surface area contributed by atoms with Crippen LogP contribution in [0.2, 0.25) is 19.6 Å². The Balaban J connectivity index is 1.19. The second kappa shape index (κ2) is 11.4. The minimum atomic E-state index is -3.61. The number of hydrogen-bond donors (Lipinski definition) is 0. The molecule has 0 spiro atoms. The van der Waals surface area contributed by atoms with Crippen molar-refractivity contribution in [1.29, 1.82) is 5.26 Å². The minimum Gasteiger partial charge on any atom is -0.354 e. The molecule has 10 nitrogen and oxygen atoms in total. The zero-order chi connectivity index (χ0) is 31.1. The van der Waals surface area contributed by atoms with E-state index in [-0.39, 0.29) is 4.90 Å². The Morgan fingerprint density at radius 1 is 0.864 bits per heavy atom. The van der Waals surface area contributed by atoms with E-state index < -0.39 is 18.1 Å². The number of anilines is 1. The van der Waals surface area contributed by atoms with Crippen molar-refractivity contribution >= 4 is 29.4 Å². The zero-order valence-corrected chi connectivity index (χ0v) is 26.9. The molecule has 1 aliphatic rings. The van der Waals surface area contributed by atoms with Gasteiger partial charge in [-0.3, -0.25) is 4.68 Å². The normalized spacial score (nSPS) is 14.3. The Hall–Kier alpha value is -4.75. The van der Waals surface area contributed by atoms with Crippen LogP contribution < -0.4 is 4.90 Å². The highest BCUT2D eigenvalue weighted by Gasteiger charge is 2.29. The summed E-state index contributed by atoms with van der Waals surface area (Å²) in [6.07, 6.45) is 8.97. The highest BCUT2D eigenvalue weighted by atomic mass is 32.2. The molecule has 12 heteroatoms. The van der Waals surface area contributed by atoms with E-state index in [4.69, 9.17) is 4.98 Å². The van der Waals surface area contributed by atoms with E-state index in [9.17, 15) is 13.7 Å². The van der Waals surface area contributed by atoms with Crippen LogP contribution in [0, 0.1) is 22.8 Å². The van der Waals surface area contributed by atoms with Crippen LogP contribution in [0.4, 0.5) is 5.82 Å². The summed E-state index contributed by atoms with van der Waals surface area (Å²) in [7, 11) is -3.26. The Bertz CT molecular complexity index is 2050. The Kier molecular flexibility index (Phi) is 7.59. The predicted molar refractivity (Wildman–Crippen MR) is 173 cm³/mol. The summed E-state index contributed by atoms with van der Waals surface area (Å²) in [6.45, 7) is 8.29. The smallest absolute Gasteiger partial charge is 0.243 e. The fourth-order valence-electron chi connectivity index (χ4n) is 5.16. The number of aromatic nitrogens is 5. The first kappa shape index (κ1) is 29.3. The van der Waals surface area contributed by atoms with E-state index in [1.54, 1.807) is 52.1 Å². The molecule has 0 aliphatic carbocycles. The fraction of sp³-hybridized carbons (Fsp3) is 0.250. The van der Waals surface area contributed by atoms with E-state index >= 15 is 0 Å². The van der Waals surface area contributed by atoms with Crippen LogP contribution in [-0.4, -0.2) is 71.4 Å². The van der Waals surface area contributed by atoms with Crippen LogP contribution in [0.5, 0.6) is 0 Å². The van der Waals surface area contributed by atoms with Crippen LogP contribution >= 0.6 is 0 Å². The number of hydrogen-bond acceptors (Lipinski definition) is 7. The second-order valence-corrected chi connectivity index (χ2v) is 18.5. The molecule has 0 atom stereocenters. The van der Waals surface area contributed by atoms with Gasteiger partial charge in [-0.2, -0.15) is 19.8 Å². The Morgan fingerprint density at radius 2 is 1.61 bits per heavy atom. The number of benzene rings is 1. The van der Waals surface area contributed by atoms with Crippen LogP contribution in [0.15, 0.2) is 78.3 Å². The number of sulfonamides is 1. The van der Waals surface area contributed by atoms with Crippen molar-refractivity contribution in [2.24, 2.45) is 7.05 Å². The van der Waals surface area contributed by atoms with Gasteiger partial charge in [0.1, 0.15) is 20.0 Å². The van der Waals surface area contributed by atoms with Crippen molar-refractivity contribution in [3.8, 4) is 39.8 Å². The summed E-state index contributed by atoms with van der Waals surface area (Å²) in [5, 5.41) is 18.4. The number of nitriles is 1. The largest absolute Gasteiger partial charge is 0.354 e. The molecule has 0 N–H and O–H groups in total. The molecule has 222 valence electrons. The van der Waals surface area contributed by atoms with Gasteiger partial charge in [0.25, 0.3) is 0 Å². The third-order valence-corrected chi connectivity index (χ3v) is 10.3. The summed E-state index contributed by atoms with van der Waals surface area (Å²) in [5.41, 5.74) is 8.88. The first-order valence-corrected chi connectivity index (χ1v) is 19.2. The molecular formula is C32H32N8O2SSi. The lowest BCUT2D eigenvalue weighted by atomic mass is 10.0. The maximum absolute atomic E-state index is 13.4. The first-order chi connectivity index (χ1) is 21.0. The first-order valence-electron chi connectivity index (χ1n) is 14.3. The van der Waals surface area contributed by atoms with Gasteiger partial charge < -0.3 is 4.90 Å². The van der Waals surface area contributed by atoms with Crippen LogP contribution in [-0.2, 0) is 17.1 Å². The van der Waals surface area contributed by atoms with Gasteiger partial charge in [0.15, 0.2) is 0 Å². The van der Waals surface area contributed by atoms with Gasteiger partial charge in [-0.05, 0) is 42.5 Å². The van der Waals surface area contributed by atoms with Gasteiger partial charge in [0, 0.05) is 79.6 Å². The molecule has 5 aromatic rings. The maximum atomic E-state index is 13.4. The molecule has 4 aromatic heterocycles. The van der Waals surface area contributed by atoms with E-state index in [0.29, 0.717) is 37.3 Å². The van der Waals surface area contributed by atoms with Gasteiger partial charge in [0.2, 0.25) is 10.0 Å². The third kappa shape index (κ3) is 5.88. The molecule has 1 aromatic carbocycles. The lowest BCUT2D eigenvalue weighted by molar-refractivity contribution is 0.384. The molecule has 5 heterocycles. The van der Waals surface area contributed by atoms with Crippen molar-refractivity contribution < 1.29 is 8.42 Å². The number of pyridine rings is 2. The van der Waals surface area contributed by atoms with Gasteiger partial charge in [-0.25, -0.2) is 17.9 Å². The van der Waals surface area contributed by atoms with Gasteiger partial charge in [-0.15, -0.1) is 5.54 Å².